The van der Waals surface area contributed by atoms with Crippen molar-refractivity contribution >= 4 is 11.3 Å². The number of rotatable bonds is 6. The first-order valence-electron chi connectivity index (χ1n) is 6.73. The van der Waals surface area contributed by atoms with Gasteiger partial charge >= 0.3 is 0 Å². The lowest BCUT2D eigenvalue weighted by molar-refractivity contribution is -0.0615. The number of nitrogens with one attached hydrogen (secondary N) is 1. The van der Waals surface area contributed by atoms with Crippen molar-refractivity contribution in [2.75, 3.05) is 13.2 Å². The Morgan fingerprint density at radius 1 is 1.41 bits per heavy atom. The van der Waals surface area contributed by atoms with E-state index in [0.717, 1.165) is 13.2 Å². The first-order valence-corrected chi connectivity index (χ1v) is 7.61. The molecule has 0 bridgehead atoms. The highest BCUT2D eigenvalue weighted by Crippen LogP contribution is 2.44. The first-order chi connectivity index (χ1) is 8.32. The summed E-state index contributed by atoms with van der Waals surface area (Å²) in [4.78, 5) is 1.42. The Bertz CT molecular complexity index is 317. The molecule has 1 atom stereocenters. The molecule has 1 saturated carbocycles. The third-order valence-electron chi connectivity index (χ3n) is 3.64. The molecule has 0 spiro atoms. The predicted octanol–water partition coefficient (Wildman–Crippen LogP) is 3.75. The van der Waals surface area contributed by atoms with Crippen LogP contribution in [0.25, 0.3) is 0 Å². The third kappa shape index (κ3) is 2.72. The zero-order chi connectivity index (χ0) is 12.1. The summed E-state index contributed by atoms with van der Waals surface area (Å²) in [5.41, 5.74) is 0.0373. The smallest absolute Gasteiger partial charge is 0.0884 e. The molecule has 1 heterocycles. The molecule has 1 aromatic heterocycles. The lowest BCUT2D eigenvalue weighted by atomic mass is 9.90. The molecule has 0 aliphatic heterocycles. The van der Waals surface area contributed by atoms with Crippen molar-refractivity contribution in [3.8, 4) is 0 Å². The fraction of sp³-hybridized carbons (Fsp3) is 0.714. The number of thiophene rings is 1. The van der Waals surface area contributed by atoms with E-state index < -0.39 is 0 Å². The van der Waals surface area contributed by atoms with Crippen LogP contribution in [-0.4, -0.2) is 18.8 Å². The summed E-state index contributed by atoms with van der Waals surface area (Å²) in [5.74, 6) is 0. The average Bonchev–Trinajstić information content (AvgIpc) is 2.98. The normalized spacial score (nSPS) is 20.6. The van der Waals surface area contributed by atoms with Crippen LogP contribution in [0.5, 0.6) is 0 Å². The van der Waals surface area contributed by atoms with Gasteiger partial charge in [0.15, 0.2) is 0 Å². The summed E-state index contributed by atoms with van der Waals surface area (Å²) in [7, 11) is 0. The molecular formula is C14H23NOS. The second-order valence-electron chi connectivity index (χ2n) is 4.71. The largest absolute Gasteiger partial charge is 0.373 e. The molecule has 17 heavy (non-hydrogen) atoms. The molecular weight excluding hydrogens is 230 g/mol. The molecule has 1 aliphatic rings. The molecule has 2 rings (SSSR count). The second-order valence-corrected chi connectivity index (χ2v) is 5.69. The van der Waals surface area contributed by atoms with E-state index in [4.69, 9.17) is 4.74 Å². The average molecular weight is 253 g/mol. The summed E-state index contributed by atoms with van der Waals surface area (Å²) in [5, 5.41) is 5.80. The van der Waals surface area contributed by atoms with Gasteiger partial charge in [-0.2, -0.15) is 0 Å². The summed E-state index contributed by atoms with van der Waals surface area (Å²) in [6.45, 7) is 6.09. The highest BCUT2D eigenvalue weighted by atomic mass is 32.1. The predicted molar refractivity (Wildman–Crippen MR) is 73.6 cm³/mol. The topological polar surface area (TPSA) is 21.3 Å². The number of hydrogen-bond donors (Lipinski definition) is 1. The van der Waals surface area contributed by atoms with E-state index in [1.807, 2.05) is 11.3 Å². The lowest BCUT2D eigenvalue weighted by Crippen LogP contribution is -2.44. The van der Waals surface area contributed by atoms with E-state index in [1.165, 1.54) is 30.6 Å². The van der Waals surface area contributed by atoms with Crippen molar-refractivity contribution in [3.63, 3.8) is 0 Å². The van der Waals surface area contributed by atoms with Gasteiger partial charge in [0.25, 0.3) is 0 Å². The van der Waals surface area contributed by atoms with Crippen LogP contribution in [0.1, 0.15) is 50.4 Å². The van der Waals surface area contributed by atoms with Crippen LogP contribution in [-0.2, 0) is 4.74 Å². The Labute approximate surface area is 108 Å². The molecule has 1 aliphatic carbocycles. The van der Waals surface area contributed by atoms with Crippen LogP contribution in [0.4, 0.5) is 0 Å². The van der Waals surface area contributed by atoms with Crippen LogP contribution >= 0.6 is 11.3 Å². The number of likely N-dealkylation sites (N-methyl/N-ethyl adjacent to an activating group) is 1. The number of ether oxygens (including phenoxy) is 1. The highest BCUT2D eigenvalue weighted by molar-refractivity contribution is 7.10. The van der Waals surface area contributed by atoms with Crippen LogP contribution in [0.3, 0.4) is 0 Å². The van der Waals surface area contributed by atoms with Crippen LogP contribution in [0, 0.1) is 0 Å². The molecule has 2 nitrogen and oxygen atoms in total. The molecule has 1 aromatic rings. The highest BCUT2D eigenvalue weighted by Gasteiger charge is 2.42. The molecule has 3 heteroatoms. The van der Waals surface area contributed by atoms with Crippen LogP contribution < -0.4 is 5.32 Å². The lowest BCUT2D eigenvalue weighted by Gasteiger charge is -2.37. The zero-order valence-electron chi connectivity index (χ0n) is 10.9. The Balaban J connectivity index is 2.23. The van der Waals surface area contributed by atoms with Crippen molar-refractivity contribution < 1.29 is 4.74 Å². The van der Waals surface area contributed by atoms with Gasteiger partial charge in [-0.1, -0.05) is 25.8 Å². The molecule has 0 radical (unpaired) electrons. The van der Waals surface area contributed by atoms with E-state index in [9.17, 15) is 0 Å². The summed E-state index contributed by atoms with van der Waals surface area (Å²) in [6.07, 6.45) is 4.98. The van der Waals surface area contributed by atoms with Crippen molar-refractivity contribution in [2.24, 2.45) is 0 Å². The molecule has 0 amide bonds. The standard InChI is InChI=1S/C14H23NOS/c1-3-15-13(12-8-7-11-17-12)14(16-4-2)9-5-6-10-14/h7-8,11,13,15H,3-6,9-10H2,1-2H3. The van der Waals surface area contributed by atoms with E-state index >= 15 is 0 Å². The molecule has 1 fully saturated rings. The van der Waals surface area contributed by atoms with Gasteiger partial charge in [0.1, 0.15) is 0 Å². The van der Waals surface area contributed by atoms with Crippen molar-refractivity contribution in [1.29, 1.82) is 0 Å². The third-order valence-corrected chi connectivity index (χ3v) is 4.58. The minimum absolute atomic E-state index is 0.0373. The quantitative estimate of drug-likeness (QED) is 0.833. The minimum atomic E-state index is 0.0373. The van der Waals surface area contributed by atoms with Crippen LogP contribution in [0.2, 0.25) is 0 Å². The summed E-state index contributed by atoms with van der Waals surface area (Å²) in [6, 6.07) is 4.74. The fourth-order valence-corrected chi connectivity index (χ4v) is 3.89. The van der Waals surface area contributed by atoms with Gasteiger partial charge in [-0.3, -0.25) is 0 Å². The molecule has 0 aromatic carbocycles. The van der Waals surface area contributed by atoms with Gasteiger partial charge in [0.05, 0.1) is 11.6 Å². The Morgan fingerprint density at radius 3 is 2.71 bits per heavy atom. The van der Waals surface area contributed by atoms with E-state index in [2.05, 4.69) is 36.7 Å². The maximum Gasteiger partial charge on any atom is 0.0884 e. The van der Waals surface area contributed by atoms with Crippen molar-refractivity contribution in [1.82, 2.24) is 5.32 Å². The Hall–Kier alpha value is -0.380. The van der Waals surface area contributed by atoms with Gasteiger partial charge in [-0.15, -0.1) is 11.3 Å². The first kappa shape index (κ1) is 13.1. The van der Waals surface area contributed by atoms with E-state index in [-0.39, 0.29) is 5.60 Å². The summed E-state index contributed by atoms with van der Waals surface area (Å²) < 4.78 is 6.17. The number of hydrogen-bond acceptors (Lipinski definition) is 3. The molecule has 0 saturated heterocycles. The monoisotopic (exact) mass is 253 g/mol. The van der Waals surface area contributed by atoms with Gasteiger partial charge in [0.2, 0.25) is 0 Å². The van der Waals surface area contributed by atoms with Gasteiger partial charge in [0, 0.05) is 11.5 Å². The second kappa shape index (κ2) is 5.98. The van der Waals surface area contributed by atoms with E-state index in [1.54, 1.807) is 0 Å². The molecule has 96 valence electrons. The summed E-state index contributed by atoms with van der Waals surface area (Å²) >= 11 is 1.84. The molecule has 1 N–H and O–H groups in total. The maximum atomic E-state index is 6.17. The Kier molecular flexibility index (Phi) is 4.60. The minimum Gasteiger partial charge on any atom is -0.373 e. The van der Waals surface area contributed by atoms with Gasteiger partial charge in [-0.25, -0.2) is 0 Å². The SMILES string of the molecule is CCNC(c1cccs1)C1(OCC)CCCC1. The Morgan fingerprint density at radius 2 is 2.18 bits per heavy atom. The zero-order valence-corrected chi connectivity index (χ0v) is 11.7. The fourth-order valence-electron chi connectivity index (χ4n) is 2.98. The van der Waals surface area contributed by atoms with Crippen molar-refractivity contribution in [3.05, 3.63) is 22.4 Å². The van der Waals surface area contributed by atoms with Crippen LogP contribution in [0.15, 0.2) is 17.5 Å². The van der Waals surface area contributed by atoms with E-state index in [0.29, 0.717) is 6.04 Å². The maximum absolute atomic E-state index is 6.17. The van der Waals surface area contributed by atoms with Crippen molar-refractivity contribution in [2.45, 2.75) is 51.2 Å². The molecule has 1 unspecified atom stereocenters. The van der Waals surface area contributed by atoms with Gasteiger partial charge in [-0.05, 0) is 37.8 Å². The van der Waals surface area contributed by atoms with Gasteiger partial charge < -0.3 is 10.1 Å².